The van der Waals surface area contributed by atoms with Crippen LogP contribution in [0.25, 0.3) is 0 Å². The summed E-state index contributed by atoms with van der Waals surface area (Å²) in [5.41, 5.74) is 0. The SMILES string of the molecule is COc1nc(NC(C)C)nc(OC)n1. The molecular formula is C8H14N4O2. The largest absolute Gasteiger partial charge is 0.467 e. The first-order valence-electron chi connectivity index (χ1n) is 4.26. The predicted octanol–water partition coefficient (Wildman–Crippen LogP) is 0.709. The zero-order valence-electron chi connectivity index (χ0n) is 8.74. The number of aromatic nitrogens is 3. The quantitative estimate of drug-likeness (QED) is 0.768. The molecule has 0 aromatic carbocycles. The van der Waals surface area contributed by atoms with Gasteiger partial charge in [-0.3, -0.25) is 0 Å². The number of rotatable bonds is 4. The van der Waals surface area contributed by atoms with E-state index in [9.17, 15) is 0 Å². The second-order valence-corrected chi connectivity index (χ2v) is 2.93. The Morgan fingerprint density at radius 2 is 1.50 bits per heavy atom. The molecule has 1 aromatic heterocycles. The number of anilines is 1. The third-order valence-electron chi connectivity index (χ3n) is 1.38. The second kappa shape index (κ2) is 4.59. The highest BCUT2D eigenvalue weighted by molar-refractivity contribution is 5.28. The van der Waals surface area contributed by atoms with Gasteiger partial charge < -0.3 is 14.8 Å². The maximum Gasteiger partial charge on any atom is 0.324 e. The van der Waals surface area contributed by atoms with Gasteiger partial charge in [0.25, 0.3) is 0 Å². The molecule has 0 amide bonds. The van der Waals surface area contributed by atoms with E-state index in [0.717, 1.165) is 0 Å². The first kappa shape index (κ1) is 10.5. The number of nitrogens with zero attached hydrogens (tertiary/aromatic N) is 3. The number of hydrogen-bond donors (Lipinski definition) is 1. The minimum absolute atomic E-state index is 0.236. The molecule has 0 radical (unpaired) electrons. The van der Waals surface area contributed by atoms with E-state index in [2.05, 4.69) is 20.3 Å². The van der Waals surface area contributed by atoms with Crippen molar-refractivity contribution in [3.63, 3.8) is 0 Å². The van der Waals surface area contributed by atoms with E-state index >= 15 is 0 Å². The Morgan fingerprint density at radius 3 is 1.86 bits per heavy atom. The van der Waals surface area contributed by atoms with Crippen LogP contribution >= 0.6 is 0 Å². The summed E-state index contributed by atoms with van der Waals surface area (Å²) in [6, 6.07) is 0.715. The van der Waals surface area contributed by atoms with Crippen LogP contribution in [0, 0.1) is 0 Å². The lowest BCUT2D eigenvalue weighted by Crippen LogP contribution is -2.13. The summed E-state index contributed by atoms with van der Waals surface area (Å²) in [7, 11) is 2.99. The zero-order valence-corrected chi connectivity index (χ0v) is 8.74. The minimum atomic E-state index is 0.236. The van der Waals surface area contributed by atoms with Crippen LogP contribution in [-0.4, -0.2) is 35.2 Å². The molecule has 0 aliphatic heterocycles. The predicted molar refractivity (Wildman–Crippen MR) is 51.7 cm³/mol. The molecule has 0 bridgehead atoms. The third kappa shape index (κ3) is 2.72. The topological polar surface area (TPSA) is 69.2 Å². The normalized spacial score (nSPS) is 10.1. The van der Waals surface area contributed by atoms with E-state index < -0.39 is 0 Å². The van der Waals surface area contributed by atoms with Crippen LogP contribution < -0.4 is 14.8 Å². The van der Waals surface area contributed by atoms with Gasteiger partial charge in [-0.1, -0.05) is 0 Å². The van der Waals surface area contributed by atoms with E-state index in [1.165, 1.54) is 14.2 Å². The van der Waals surface area contributed by atoms with Crippen molar-refractivity contribution in [1.82, 2.24) is 15.0 Å². The zero-order chi connectivity index (χ0) is 10.6. The van der Waals surface area contributed by atoms with Crippen molar-refractivity contribution in [2.45, 2.75) is 19.9 Å². The molecule has 6 heteroatoms. The smallest absolute Gasteiger partial charge is 0.324 e. The van der Waals surface area contributed by atoms with E-state index in [1.807, 2.05) is 13.8 Å². The van der Waals surface area contributed by atoms with Gasteiger partial charge in [-0.25, -0.2) is 0 Å². The molecule has 0 saturated carbocycles. The number of hydrogen-bond acceptors (Lipinski definition) is 6. The fraction of sp³-hybridized carbons (Fsp3) is 0.625. The number of ether oxygens (including phenoxy) is 2. The molecule has 78 valence electrons. The van der Waals surface area contributed by atoms with Gasteiger partial charge in [0.1, 0.15) is 0 Å². The Balaban J connectivity index is 2.92. The van der Waals surface area contributed by atoms with Gasteiger partial charge >= 0.3 is 12.0 Å². The summed E-state index contributed by atoms with van der Waals surface area (Å²) in [6.07, 6.45) is 0. The second-order valence-electron chi connectivity index (χ2n) is 2.93. The molecule has 1 heterocycles. The van der Waals surface area contributed by atoms with Gasteiger partial charge in [0.05, 0.1) is 14.2 Å². The molecule has 14 heavy (non-hydrogen) atoms. The first-order valence-corrected chi connectivity index (χ1v) is 4.26. The van der Waals surface area contributed by atoms with Crippen molar-refractivity contribution in [2.24, 2.45) is 0 Å². The van der Waals surface area contributed by atoms with Crippen LogP contribution in [-0.2, 0) is 0 Å². The molecule has 0 spiro atoms. The summed E-state index contributed by atoms with van der Waals surface area (Å²) < 4.78 is 9.79. The van der Waals surface area contributed by atoms with Crippen molar-refractivity contribution in [3.8, 4) is 12.0 Å². The molecule has 0 aliphatic rings. The van der Waals surface area contributed by atoms with Gasteiger partial charge in [0, 0.05) is 6.04 Å². The van der Waals surface area contributed by atoms with Gasteiger partial charge in [0.15, 0.2) is 0 Å². The van der Waals surface area contributed by atoms with E-state index in [0.29, 0.717) is 5.95 Å². The van der Waals surface area contributed by atoms with E-state index in [-0.39, 0.29) is 18.1 Å². The average molecular weight is 198 g/mol. The molecule has 0 atom stereocenters. The highest BCUT2D eigenvalue weighted by atomic mass is 16.5. The Kier molecular flexibility index (Phi) is 3.44. The Morgan fingerprint density at radius 1 is 1.00 bits per heavy atom. The fourth-order valence-electron chi connectivity index (χ4n) is 0.843. The molecule has 0 saturated heterocycles. The van der Waals surface area contributed by atoms with Gasteiger partial charge in [0.2, 0.25) is 5.95 Å². The number of methoxy groups -OCH3 is 2. The summed E-state index contributed by atoms with van der Waals surface area (Å²) in [5.74, 6) is 0.448. The van der Waals surface area contributed by atoms with E-state index in [1.54, 1.807) is 0 Å². The van der Waals surface area contributed by atoms with Gasteiger partial charge in [-0.15, -0.1) is 4.98 Å². The van der Waals surface area contributed by atoms with Crippen molar-refractivity contribution in [1.29, 1.82) is 0 Å². The van der Waals surface area contributed by atoms with Crippen LogP contribution in [0.5, 0.6) is 12.0 Å². The molecule has 1 N–H and O–H groups in total. The highest BCUT2D eigenvalue weighted by Gasteiger charge is 2.07. The lowest BCUT2D eigenvalue weighted by atomic mass is 10.4. The maximum atomic E-state index is 4.90. The lowest BCUT2D eigenvalue weighted by molar-refractivity contribution is 0.341. The average Bonchev–Trinajstić information content (AvgIpc) is 2.16. The molecule has 1 rings (SSSR count). The summed E-state index contributed by atoms with van der Waals surface area (Å²) >= 11 is 0. The fourth-order valence-corrected chi connectivity index (χ4v) is 0.843. The minimum Gasteiger partial charge on any atom is -0.467 e. The number of nitrogens with one attached hydrogen (secondary N) is 1. The monoisotopic (exact) mass is 198 g/mol. The standard InChI is InChI=1S/C8H14N4O2/c1-5(2)9-6-10-7(13-3)12-8(11-6)14-4/h5H,1-4H3,(H,9,10,11,12). The van der Waals surface area contributed by atoms with Crippen LogP contribution in [0.1, 0.15) is 13.8 Å². The van der Waals surface area contributed by atoms with Crippen molar-refractivity contribution < 1.29 is 9.47 Å². The first-order chi connectivity index (χ1) is 6.65. The molecule has 0 unspecified atom stereocenters. The summed E-state index contributed by atoms with van der Waals surface area (Å²) in [4.78, 5) is 11.9. The lowest BCUT2D eigenvalue weighted by Gasteiger charge is -2.09. The summed E-state index contributed by atoms with van der Waals surface area (Å²) in [5, 5.41) is 3.03. The van der Waals surface area contributed by atoms with Crippen molar-refractivity contribution in [2.75, 3.05) is 19.5 Å². The van der Waals surface area contributed by atoms with Crippen LogP contribution in [0.15, 0.2) is 0 Å². The Bertz CT molecular complexity index is 281. The molecule has 6 nitrogen and oxygen atoms in total. The van der Waals surface area contributed by atoms with Crippen molar-refractivity contribution >= 4 is 5.95 Å². The molecule has 0 aliphatic carbocycles. The van der Waals surface area contributed by atoms with Crippen LogP contribution in [0.2, 0.25) is 0 Å². The Labute approximate surface area is 82.7 Å². The summed E-state index contributed by atoms with van der Waals surface area (Å²) in [6.45, 7) is 3.98. The van der Waals surface area contributed by atoms with Crippen LogP contribution in [0.4, 0.5) is 5.95 Å². The van der Waals surface area contributed by atoms with Crippen LogP contribution in [0.3, 0.4) is 0 Å². The van der Waals surface area contributed by atoms with Crippen molar-refractivity contribution in [3.05, 3.63) is 0 Å². The molecule has 0 fully saturated rings. The third-order valence-corrected chi connectivity index (χ3v) is 1.38. The van der Waals surface area contributed by atoms with Gasteiger partial charge in [-0.2, -0.15) is 9.97 Å². The highest BCUT2D eigenvalue weighted by Crippen LogP contribution is 2.12. The Hall–Kier alpha value is -1.59. The van der Waals surface area contributed by atoms with Gasteiger partial charge in [-0.05, 0) is 13.8 Å². The molecular weight excluding hydrogens is 184 g/mol. The van der Waals surface area contributed by atoms with E-state index in [4.69, 9.17) is 9.47 Å². The molecule has 1 aromatic rings. The maximum absolute atomic E-state index is 4.90.